The highest BCUT2D eigenvalue weighted by Crippen LogP contribution is 2.68. The fraction of sp³-hybridized carbons (Fsp3) is 0.818. The fourth-order valence-electron chi connectivity index (χ4n) is 7.27. The van der Waals surface area contributed by atoms with Gasteiger partial charge in [-0.1, -0.05) is 19.4 Å². The SMILES string of the molecule is CC(=O)O[C@@]1(C)CC[C@@H]2[C@H]3CCC4=CC(=O)CC[C@]4(C)[C@H]3CC[C@@]21C. The molecular weight excluding hydrogens is 312 g/mol. The van der Waals surface area contributed by atoms with E-state index in [1.54, 1.807) is 6.92 Å². The Morgan fingerprint density at radius 3 is 2.48 bits per heavy atom. The molecule has 4 aliphatic carbocycles. The smallest absolute Gasteiger partial charge is 0.303 e. The van der Waals surface area contributed by atoms with Crippen molar-refractivity contribution in [2.75, 3.05) is 0 Å². The van der Waals surface area contributed by atoms with Crippen molar-refractivity contribution in [3.63, 3.8) is 0 Å². The van der Waals surface area contributed by atoms with Crippen LogP contribution >= 0.6 is 0 Å². The molecule has 0 aromatic rings. The minimum Gasteiger partial charge on any atom is -0.459 e. The van der Waals surface area contributed by atoms with Crippen molar-refractivity contribution in [2.24, 2.45) is 28.6 Å². The van der Waals surface area contributed by atoms with E-state index in [4.69, 9.17) is 4.74 Å². The number of ketones is 1. The van der Waals surface area contributed by atoms with Gasteiger partial charge in [-0.25, -0.2) is 0 Å². The third-order valence-electron chi connectivity index (χ3n) is 8.86. The first-order valence-corrected chi connectivity index (χ1v) is 10.1. The van der Waals surface area contributed by atoms with Crippen molar-refractivity contribution in [3.8, 4) is 0 Å². The number of hydrogen-bond donors (Lipinski definition) is 0. The highest BCUT2D eigenvalue weighted by molar-refractivity contribution is 5.91. The van der Waals surface area contributed by atoms with Gasteiger partial charge >= 0.3 is 5.97 Å². The van der Waals surface area contributed by atoms with E-state index >= 15 is 0 Å². The predicted octanol–water partition coefficient (Wildman–Crippen LogP) is 4.84. The second kappa shape index (κ2) is 5.44. The summed E-state index contributed by atoms with van der Waals surface area (Å²) in [5.41, 5.74) is 1.43. The van der Waals surface area contributed by atoms with Crippen LogP contribution in [0.15, 0.2) is 11.6 Å². The molecule has 3 saturated carbocycles. The van der Waals surface area contributed by atoms with Crippen molar-refractivity contribution >= 4 is 11.8 Å². The topological polar surface area (TPSA) is 43.4 Å². The Labute approximate surface area is 151 Å². The summed E-state index contributed by atoms with van der Waals surface area (Å²) >= 11 is 0. The molecule has 6 atom stereocenters. The molecule has 0 bridgehead atoms. The van der Waals surface area contributed by atoms with E-state index in [9.17, 15) is 9.59 Å². The van der Waals surface area contributed by atoms with Crippen molar-refractivity contribution in [1.29, 1.82) is 0 Å². The van der Waals surface area contributed by atoms with Gasteiger partial charge in [0.25, 0.3) is 0 Å². The summed E-state index contributed by atoms with van der Waals surface area (Å²) in [7, 11) is 0. The van der Waals surface area contributed by atoms with Gasteiger partial charge in [-0.2, -0.15) is 0 Å². The second-order valence-corrected chi connectivity index (χ2v) is 9.79. The van der Waals surface area contributed by atoms with Crippen LogP contribution in [0.2, 0.25) is 0 Å². The van der Waals surface area contributed by atoms with Gasteiger partial charge in [0, 0.05) is 18.8 Å². The van der Waals surface area contributed by atoms with Crippen LogP contribution in [-0.4, -0.2) is 17.4 Å². The van der Waals surface area contributed by atoms with Crippen LogP contribution in [-0.2, 0) is 14.3 Å². The number of ether oxygens (including phenoxy) is 1. The number of fused-ring (bicyclic) bond motifs is 5. The molecule has 0 spiro atoms. The van der Waals surface area contributed by atoms with Gasteiger partial charge in [-0.15, -0.1) is 0 Å². The van der Waals surface area contributed by atoms with Gasteiger partial charge in [-0.3, -0.25) is 9.59 Å². The molecule has 25 heavy (non-hydrogen) atoms. The molecule has 3 fully saturated rings. The summed E-state index contributed by atoms with van der Waals surface area (Å²) in [4.78, 5) is 23.6. The average molecular weight is 344 g/mol. The van der Waals surface area contributed by atoms with E-state index in [2.05, 4.69) is 20.8 Å². The van der Waals surface area contributed by atoms with E-state index in [-0.39, 0.29) is 22.4 Å². The average Bonchev–Trinajstić information content (AvgIpc) is 2.79. The molecule has 138 valence electrons. The monoisotopic (exact) mass is 344 g/mol. The quantitative estimate of drug-likeness (QED) is 0.639. The first-order chi connectivity index (χ1) is 11.7. The van der Waals surface area contributed by atoms with Crippen LogP contribution in [0.4, 0.5) is 0 Å². The van der Waals surface area contributed by atoms with Gasteiger partial charge in [0.2, 0.25) is 0 Å². The Morgan fingerprint density at radius 1 is 1.04 bits per heavy atom. The summed E-state index contributed by atoms with van der Waals surface area (Å²) in [6, 6.07) is 0. The summed E-state index contributed by atoms with van der Waals surface area (Å²) < 4.78 is 5.90. The lowest BCUT2D eigenvalue weighted by Crippen LogP contribution is -2.55. The lowest BCUT2D eigenvalue weighted by atomic mass is 9.46. The Hall–Kier alpha value is -1.12. The Balaban J connectivity index is 1.66. The number of carbonyl (C=O) groups is 2. The number of esters is 1. The zero-order valence-corrected chi connectivity index (χ0v) is 16.2. The van der Waals surface area contributed by atoms with E-state index < -0.39 is 0 Å². The van der Waals surface area contributed by atoms with E-state index in [0.29, 0.717) is 23.5 Å². The summed E-state index contributed by atoms with van der Waals surface area (Å²) in [6.07, 6.45) is 10.5. The zero-order valence-electron chi connectivity index (χ0n) is 16.2. The van der Waals surface area contributed by atoms with E-state index in [1.807, 2.05) is 6.08 Å². The maximum Gasteiger partial charge on any atom is 0.303 e. The van der Waals surface area contributed by atoms with Crippen LogP contribution in [0, 0.1) is 28.6 Å². The molecule has 0 radical (unpaired) electrons. The molecular formula is C22H32O3. The van der Waals surface area contributed by atoms with Crippen LogP contribution < -0.4 is 0 Å². The molecule has 0 aliphatic heterocycles. The second-order valence-electron chi connectivity index (χ2n) is 9.79. The minimum atomic E-state index is -0.311. The van der Waals surface area contributed by atoms with E-state index in [1.165, 1.54) is 24.8 Å². The number of allylic oxidation sites excluding steroid dienone is 1. The Kier molecular flexibility index (Phi) is 3.76. The molecule has 0 N–H and O–H groups in total. The highest BCUT2D eigenvalue weighted by Gasteiger charge is 2.64. The lowest BCUT2D eigenvalue weighted by Gasteiger charge is -2.59. The zero-order chi connectivity index (χ0) is 18.0. The maximum absolute atomic E-state index is 11.9. The molecule has 0 aromatic carbocycles. The largest absolute Gasteiger partial charge is 0.459 e. The fourth-order valence-corrected chi connectivity index (χ4v) is 7.27. The first kappa shape index (κ1) is 17.3. The molecule has 3 nitrogen and oxygen atoms in total. The number of carbonyl (C=O) groups excluding carboxylic acids is 2. The Bertz CT molecular complexity index is 650. The molecule has 0 unspecified atom stereocenters. The van der Waals surface area contributed by atoms with E-state index in [0.717, 1.165) is 32.1 Å². The lowest BCUT2D eigenvalue weighted by molar-refractivity contribution is -0.177. The van der Waals surface area contributed by atoms with Gasteiger partial charge < -0.3 is 4.74 Å². The Morgan fingerprint density at radius 2 is 1.76 bits per heavy atom. The van der Waals surface area contributed by atoms with Crippen molar-refractivity contribution in [2.45, 2.75) is 84.7 Å². The number of rotatable bonds is 1. The van der Waals surface area contributed by atoms with Crippen molar-refractivity contribution in [3.05, 3.63) is 11.6 Å². The number of hydrogen-bond acceptors (Lipinski definition) is 3. The highest BCUT2D eigenvalue weighted by atomic mass is 16.6. The third-order valence-corrected chi connectivity index (χ3v) is 8.86. The molecule has 4 aliphatic rings. The normalized spacial score (nSPS) is 48.9. The standard InChI is InChI=1S/C22H32O3/c1-14(23)25-22(4)12-9-19-17-6-5-15-13-16(24)7-10-20(15,2)18(17)8-11-21(19,22)3/h13,17-19H,5-12H2,1-4H3/t17-,18-,19+,20-,21-,22-/m0/s1. The molecule has 0 heterocycles. The van der Waals surface area contributed by atoms with Gasteiger partial charge in [-0.05, 0) is 81.1 Å². The van der Waals surface area contributed by atoms with Crippen molar-refractivity contribution < 1.29 is 14.3 Å². The molecule has 0 saturated heterocycles. The van der Waals surface area contributed by atoms with Crippen LogP contribution in [0.5, 0.6) is 0 Å². The van der Waals surface area contributed by atoms with Gasteiger partial charge in [0.15, 0.2) is 5.78 Å². The molecule has 0 amide bonds. The first-order valence-electron chi connectivity index (χ1n) is 10.1. The maximum atomic E-state index is 11.9. The summed E-state index contributed by atoms with van der Waals surface area (Å²) in [5, 5.41) is 0. The minimum absolute atomic E-state index is 0.0991. The van der Waals surface area contributed by atoms with Crippen LogP contribution in [0.1, 0.15) is 79.1 Å². The molecule has 4 rings (SSSR count). The molecule has 0 aromatic heterocycles. The summed E-state index contributed by atoms with van der Waals surface area (Å²) in [5.74, 6) is 2.24. The predicted molar refractivity (Wildman–Crippen MR) is 96.9 cm³/mol. The van der Waals surface area contributed by atoms with Gasteiger partial charge in [0.05, 0.1) is 0 Å². The van der Waals surface area contributed by atoms with Crippen LogP contribution in [0.3, 0.4) is 0 Å². The summed E-state index contributed by atoms with van der Waals surface area (Å²) in [6.45, 7) is 8.52. The van der Waals surface area contributed by atoms with Crippen molar-refractivity contribution in [1.82, 2.24) is 0 Å². The third kappa shape index (κ3) is 2.30. The van der Waals surface area contributed by atoms with Gasteiger partial charge in [0.1, 0.15) is 5.60 Å². The molecule has 3 heteroatoms. The van der Waals surface area contributed by atoms with Crippen LogP contribution in [0.25, 0.3) is 0 Å².